The Bertz CT molecular complexity index is 469. The summed E-state index contributed by atoms with van der Waals surface area (Å²) in [5.41, 5.74) is 4.78. The standard InChI is InChI=1S/C14H17F4N/c1-9-3-2-6-13(19,8-9)10-4-5-11(12(15)7-10)14(16,17)18/h4-5,7,9H,2-3,6,8,19H2,1H3. The van der Waals surface area contributed by atoms with Gasteiger partial charge in [-0.3, -0.25) is 0 Å². The molecule has 0 bridgehead atoms. The van der Waals surface area contributed by atoms with Crippen LogP contribution in [0.2, 0.25) is 0 Å². The van der Waals surface area contributed by atoms with Crippen LogP contribution in [0.4, 0.5) is 17.6 Å². The second-order valence-electron chi connectivity index (χ2n) is 5.55. The van der Waals surface area contributed by atoms with Crippen LogP contribution in [-0.4, -0.2) is 0 Å². The molecule has 0 aromatic heterocycles. The van der Waals surface area contributed by atoms with Gasteiger partial charge in [0.15, 0.2) is 0 Å². The molecule has 0 spiro atoms. The molecule has 1 aromatic carbocycles. The fourth-order valence-corrected chi connectivity index (χ4v) is 2.91. The van der Waals surface area contributed by atoms with Crippen LogP contribution < -0.4 is 5.73 Å². The summed E-state index contributed by atoms with van der Waals surface area (Å²) in [5, 5.41) is 0. The van der Waals surface area contributed by atoms with Crippen LogP contribution in [0.1, 0.15) is 43.7 Å². The van der Waals surface area contributed by atoms with Crippen LogP contribution in [0.25, 0.3) is 0 Å². The fraction of sp³-hybridized carbons (Fsp3) is 0.571. The number of hydrogen-bond acceptors (Lipinski definition) is 1. The molecule has 1 nitrogen and oxygen atoms in total. The van der Waals surface area contributed by atoms with Crippen LogP contribution in [-0.2, 0) is 11.7 Å². The molecule has 2 atom stereocenters. The summed E-state index contributed by atoms with van der Waals surface area (Å²) < 4.78 is 51.1. The number of benzene rings is 1. The Balaban J connectivity index is 2.34. The number of halogens is 4. The van der Waals surface area contributed by atoms with Crippen LogP contribution in [0.5, 0.6) is 0 Å². The zero-order valence-electron chi connectivity index (χ0n) is 10.7. The molecule has 1 fully saturated rings. The average Bonchev–Trinajstić information content (AvgIpc) is 2.26. The van der Waals surface area contributed by atoms with Gasteiger partial charge in [0.05, 0.1) is 5.56 Å². The van der Waals surface area contributed by atoms with Crippen LogP contribution >= 0.6 is 0 Å². The third kappa shape index (κ3) is 2.91. The van der Waals surface area contributed by atoms with E-state index in [0.29, 0.717) is 24.3 Å². The predicted octanol–water partition coefficient (Wildman–Crippen LogP) is 4.21. The highest BCUT2D eigenvalue weighted by Gasteiger charge is 2.37. The van der Waals surface area contributed by atoms with E-state index in [1.165, 1.54) is 6.07 Å². The molecule has 0 heterocycles. The summed E-state index contributed by atoms with van der Waals surface area (Å²) in [4.78, 5) is 0. The minimum Gasteiger partial charge on any atom is -0.321 e. The van der Waals surface area contributed by atoms with Crippen LogP contribution in [0, 0.1) is 11.7 Å². The van der Waals surface area contributed by atoms with Gasteiger partial charge >= 0.3 is 6.18 Å². The molecule has 2 unspecified atom stereocenters. The van der Waals surface area contributed by atoms with Gasteiger partial charge in [0.25, 0.3) is 0 Å². The second kappa shape index (κ2) is 4.78. The molecule has 1 aliphatic carbocycles. The Morgan fingerprint density at radius 1 is 1.32 bits per heavy atom. The van der Waals surface area contributed by atoms with Gasteiger partial charge in [0, 0.05) is 5.54 Å². The first-order valence-electron chi connectivity index (χ1n) is 6.38. The van der Waals surface area contributed by atoms with E-state index in [4.69, 9.17) is 5.73 Å². The van der Waals surface area contributed by atoms with Crippen molar-refractivity contribution >= 4 is 0 Å². The largest absolute Gasteiger partial charge is 0.419 e. The van der Waals surface area contributed by atoms with Gasteiger partial charge in [-0.05, 0) is 36.5 Å². The van der Waals surface area contributed by atoms with Gasteiger partial charge in [0.1, 0.15) is 5.82 Å². The lowest BCUT2D eigenvalue weighted by molar-refractivity contribution is -0.140. The van der Waals surface area contributed by atoms with Gasteiger partial charge in [-0.25, -0.2) is 4.39 Å². The van der Waals surface area contributed by atoms with Crippen molar-refractivity contribution in [3.63, 3.8) is 0 Å². The van der Waals surface area contributed by atoms with Gasteiger partial charge in [-0.2, -0.15) is 13.2 Å². The lowest BCUT2D eigenvalue weighted by Crippen LogP contribution is -2.41. The van der Waals surface area contributed by atoms with Crippen LogP contribution in [0.3, 0.4) is 0 Å². The molecular weight excluding hydrogens is 258 g/mol. The van der Waals surface area contributed by atoms with Crippen molar-refractivity contribution in [2.75, 3.05) is 0 Å². The zero-order valence-corrected chi connectivity index (χ0v) is 10.7. The minimum atomic E-state index is -4.66. The minimum absolute atomic E-state index is 0.407. The van der Waals surface area contributed by atoms with Crippen molar-refractivity contribution in [1.29, 1.82) is 0 Å². The SMILES string of the molecule is CC1CCCC(N)(c2ccc(C(F)(F)F)c(F)c2)C1. The molecule has 1 aliphatic rings. The highest BCUT2D eigenvalue weighted by Crippen LogP contribution is 2.39. The summed E-state index contributed by atoms with van der Waals surface area (Å²) >= 11 is 0. The highest BCUT2D eigenvalue weighted by atomic mass is 19.4. The van der Waals surface area contributed by atoms with E-state index < -0.39 is 23.1 Å². The Kier molecular flexibility index (Phi) is 3.60. The summed E-state index contributed by atoms with van der Waals surface area (Å²) in [7, 11) is 0. The molecule has 0 radical (unpaired) electrons. The molecule has 2 rings (SSSR count). The summed E-state index contributed by atoms with van der Waals surface area (Å²) in [6.07, 6.45) is -1.33. The molecule has 1 saturated carbocycles. The first-order chi connectivity index (χ1) is 8.72. The molecule has 0 aliphatic heterocycles. The number of hydrogen-bond donors (Lipinski definition) is 1. The molecular formula is C14H17F4N. The highest BCUT2D eigenvalue weighted by molar-refractivity contribution is 5.31. The molecule has 1 aromatic rings. The van der Waals surface area contributed by atoms with Gasteiger partial charge < -0.3 is 5.73 Å². The fourth-order valence-electron chi connectivity index (χ4n) is 2.91. The topological polar surface area (TPSA) is 26.0 Å². The Morgan fingerprint density at radius 3 is 2.53 bits per heavy atom. The molecule has 0 amide bonds. The second-order valence-corrected chi connectivity index (χ2v) is 5.55. The number of nitrogens with two attached hydrogens (primary N) is 1. The first-order valence-corrected chi connectivity index (χ1v) is 6.38. The molecule has 2 N–H and O–H groups in total. The van der Waals surface area contributed by atoms with Crippen molar-refractivity contribution < 1.29 is 17.6 Å². The van der Waals surface area contributed by atoms with Crippen LogP contribution in [0.15, 0.2) is 18.2 Å². The van der Waals surface area contributed by atoms with Crippen molar-refractivity contribution in [3.8, 4) is 0 Å². The number of alkyl halides is 3. The lowest BCUT2D eigenvalue weighted by atomic mass is 9.73. The molecule has 0 saturated heterocycles. The third-order valence-electron chi connectivity index (χ3n) is 3.88. The molecule has 106 valence electrons. The van der Waals surface area contributed by atoms with E-state index in [1.54, 1.807) is 0 Å². The van der Waals surface area contributed by atoms with E-state index in [0.717, 1.165) is 25.0 Å². The van der Waals surface area contributed by atoms with Gasteiger partial charge in [0.2, 0.25) is 0 Å². The predicted molar refractivity (Wildman–Crippen MR) is 64.9 cm³/mol. The quantitative estimate of drug-likeness (QED) is 0.763. The molecule has 19 heavy (non-hydrogen) atoms. The Morgan fingerprint density at radius 2 is 2.00 bits per heavy atom. The first kappa shape index (κ1) is 14.3. The van der Waals surface area contributed by atoms with Gasteiger partial charge in [-0.1, -0.05) is 25.8 Å². The van der Waals surface area contributed by atoms with Crippen molar-refractivity contribution in [3.05, 3.63) is 35.1 Å². The maximum atomic E-state index is 13.6. The normalized spacial score (nSPS) is 28.4. The maximum Gasteiger partial charge on any atom is 0.419 e. The van der Waals surface area contributed by atoms with E-state index in [9.17, 15) is 17.6 Å². The Hall–Kier alpha value is -1.10. The van der Waals surface area contributed by atoms with Crippen molar-refractivity contribution in [2.45, 2.75) is 44.3 Å². The van der Waals surface area contributed by atoms with E-state index >= 15 is 0 Å². The van der Waals surface area contributed by atoms with Crippen molar-refractivity contribution in [1.82, 2.24) is 0 Å². The number of rotatable bonds is 1. The summed E-state index contributed by atoms with van der Waals surface area (Å²) in [6.45, 7) is 2.06. The van der Waals surface area contributed by atoms with Crippen molar-refractivity contribution in [2.24, 2.45) is 11.7 Å². The lowest BCUT2D eigenvalue weighted by Gasteiger charge is -2.37. The zero-order chi connectivity index (χ0) is 14.3. The summed E-state index contributed by atoms with van der Waals surface area (Å²) in [6, 6.07) is 3.04. The Labute approximate surface area is 109 Å². The van der Waals surface area contributed by atoms with Gasteiger partial charge in [-0.15, -0.1) is 0 Å². The maximum absolute atomic E-state index is 13.6. The smallest absolute Gasteiger partial charge is 0.321 e. The van der Waals surface area contributed by atoms with E-state index in [-0.39, 0.29) is 0 Å². The van der Waals surface area contributed by atoms with E-state index in [2.05, 4.69) is 6.92 Å². The average molecular weight is 275 g/mol. The molecule has 5 heteroatoms. The monoisotopic (exact) mass is 275 g/mol. The van der Waals surface area contributed by atoms with E-state index in [1.807, 2.05) is 0 Å². The third-order valence-corrected chi connectivity index (χ3v) is 3.88. The summed E-state index contributed by atoms with van der Waals surface area (Å²) in [5.74, 6) is -0.836.